The molecule has 0 aliphatic rings. The van der Waals surface area contributed by atoms with Gasteiger partial charge in [0.2, 0.25) is 0 Å². The van der Waals surface area contributed by atoms with E-state index < -0.39 is 0 Å². The Morgan fingerprint density at radius 1 is 1.08 bits per heavy atom. The summed E-state index contributed by atoms with van der Waals surface area (Å²) in [7, 11) is 1.49. The molecule has 0 aliphatic heterocycles. The van der Waals surface area contributed by atoms with Crippen molar-refractivity contribution >= 4 is 13.9 Å². The lowest BCUT2D eigenvalue weighted by molar-refractivity contribution is 0.778. The summed E-state index contributed by atoms with van der Waals surface area (Å²) in [6.07, 6.45) is 5.38. The molecule has 1 heteroatoms. The molecule has 0 nitrogen and oxygen atoms in total. The summed E-state index contributed by atoms with van der Waals surface area (Å²) >= 11 is 0. The van der Waals surface area contributed by atoms with Crippen LogP contribution in [0.2, 0.25) is 0 Å². The van der Waals surface area contributed by atoms with Crippen LogP contribution in [0, 0.1) is 6.92 Å². The molecule has 0 saturated carbocycles. The summed E-state index contributed by atoms with van der Waals surface area (Å²) in [6, 6.07) is 8.87. The fourth-order valence-corrected chi connectivity index (χ4v) is 2.22. The Balaban J connectivity index is 2.25. The van der Waals surface area contributed by atoms with E-state index in [9.17, 15) is 0 Å². The highest BCUT2D eigenvalue weighted by molar-refractivity contribution is 7.47. The number of benzene rings is 1. The van der Waals surface area contributed by atoms with Gasteiger partial charge in [0.05, 0.1) is 0 Å². The lowest BCUT2D eigenvalue weighted by Crippen LogP contribution is -1.94. The van der Waals surface area contributed by atoms with Crippen LogP contribution in [-0.2, 0) is 0 Å². The van der Waals surface area contributed by atoms with Crippen LogP contribution in [0.4, 0.5) is 0 Å². The van der Waals surface area contributed by atoms with Crippen LogP contribution >= 0.6 is 8.58 Å². The van der Waals surface area contributed by atoms with Crippen molar-refractivity contribution in [3.8, 4) is 0 Å². The third kappa shape index (κ3) is 4.43. The third-order valence-electron chi connectivity index (χ3n) is 2.09. The largest absolute Gasteiger partial charge is 0.0654 e. The number of unbranched alkanes of at least 4 members (excludes halogenated alkanes) is 2. The average Bonchev–Trinajstić information content (AvgIpc) is 2.15. The van der Waals surface area contributed by atoms with E-state index in [1.165, 1.54) is 44.9 Å². The van der Waals surface area contributed by atoms with Gasteiger partial charge in [-0.05, 0) is 33.4 Å². The van der Waals surface area contributed by atoms with Gasteiger partial charge in [0.25, 0.3) is 0 Å². The number of hydrogen-bond acceptors (Lipinski definition) is 0. The summed E-state index contributed by atoms with van der Waals surface area (Å²) in [4.78, 5) is 0. The van der Waals surface area contributed by atoms with Gasteiger partial charge in [0.1, 0.15) is 0 Å². The van der Waals surface area contributed by atoms with Gasteiger partial charge in [-0.3, -0.25) is 0 Å². The predicted molar refractivity (Wildman–Crippen MR) is 62.1 cm³/mol. The molecule has 0 bridgehead atoms. The molecule has 0 aromatic heterocycles. The van der Waals surface area contributed by atoms with E-state index in [4.69, 9.17) is 0 Å². The molecule has 0 aliphatic carbocycles. The fourth-order valence-electron chi connectivity index (χ4n) is 1.22. The third-order valence-corrected chi connectivity index (χ3v) is 3.29. The van der Waals surface area contributed by atoms with Crippen molar-refractivity contribution in [2.24, 2.45) is 0 Å². The highest BCUT2D eigenvalue weighted by atomic mass is 31.1. The number of rotatable bonds is 5. The summed E-state index contributed by atoms with van der Waals surface area (Å²) in [5.41, 5.74) is 1.35. The molecule has 0 N–H and O–H groups in total. The molecule has 71 valence electrons. The zero-order chi connectivity index (χ0) is 9.52. The Labute approximate surface area is 83.5 Å². The maximum atomic E-state index is 2.25. The van der Waals surface area contributed by atoms with Crippen molar-refractivity contribution in [2.45, 2.75) is 33.1 Å². The lowest BCUT2D eigenvalue weighted by atomic mass is 10.2. The van der Waals surface area contributed by atoms with Crippen molar-refractivity contribution in [2.75, 3.05) is 6.16 Å². The van der Waals surface area contributed by atoms with Crippen LogP contribution in [0.5, 0.6) is 0 Å². The van der Waals surface area contributed by atoms with E-state index >= 15 is 0 Å². The smallest absolute Gasteiger partial charge is 0.0193 e. The molecule has 0 unspecified atom stereocenters. The van der Waals surface area contributed by atoms with Gasteiger partial charge in [0.15, 0.2) is 0 Å². The van der Waals surface area contributed by atoms with Crippen LogP contribution in [-0.4, -0.2) is 6.16 Å². The molecule has 13 heavy (non-hydrogen) atoms. The molecule has 0 atom stereocenters. The van der Waals surface area contributed by atoms with Crippen LogP contribution in [0.25, 0.3) is 0 Å². The maximum Gasteiger partial charge on any atom is -0.0193 e. The minimum absolute atomic E-state index is 1.32. The van der Waals surface area contributed by atoms with Crippen molar-refractivity contribution in [1.82, 2.24) is 0 Å². The Morgan fingerprint density at radius 2 is 1.77 bits per heavy atom. The first kappa shape index (κ1) is 10.7. The van der Waals surface area contributed by atoms with E-state index in [1.54, 1.807) is 0 Å². The van der Waals surface area contributed by atoms with Crippen molar-refractivity contribution in [3.05, 3.63) is 29.8 Å². The normalized spacial score (nSPS) is 11.2. The van der Waals surface area contributed by atoms with Crippen molar-refractivity contribution < 1.29 is 0 Å². The Kier molecular flexibility index (Phi) is 5.08. The van der Waals surface area contributed by atoms with E-state index in [-0.39, 0.29) is 0 Å². The number of hydrogen-bond donors (Lipinski definition) is 0. The molecule has 1 aromatic rings. The first-order chi connectivity index (χ1) is 6.33. The van der Waals surface area contributed by atoms with Crippen LogP contribution < -0.4 is 5.30 Å². The van der Waals surface area contributed by atoms with Crippen LogP contribution in [0.3, 0.4) is 0 Å². The molecule has 1 radical (unpaired) electrons. The SMILES string of the molecule is CCCCC[P]c1ccc(C)cc1. The first-order valence-corrected chi connectivity index (χ1v) is 6.15. The van der Waals surface area contributed by atoms with Gasteiger partial charge >= 0.3 is 0 Å². The summed E-state index contributed by atoms with van der Waals surface area (Å²) in [6.45, 7) is 4.39. The Hall–Kier alpha value is -0.350. The molecule has 1 rings (SSSR count). The second kappa shape index (κ2) is 6.16. The van der Waals surface area contributed by atoms with Gasteiger partial charge in [-0.25, -0.2) is 0 Å². The van der Waals surface area contributed by atoms with Gasteiger partial charge in [-0.1, -0.05) is 49.6 Å². The minimum Gasteiger partial charge on any atom is -0.0654 e. The van der Waals surface area contributed by atoms with Crippen molar-refractivity contribution in [1.29, 1.82) is 0 Å². The molecular weight excluding hydrogens is 175 g/mol. The quantitative estimate of drug-likeness (QED) is 0.493. The highest BCUT2D eigenvalue weighted by Gasteiger charge is 1.93. The summed E-state index contributed by atoms with van der Waals surface area (Å²) in [5, 5.41) is 1.46. The van der Waals surface area contributed by atoms with E-state index in [0.717, 1.165) is 0 Å². The molecular formula is C12H18P. The second-order valence-electron chi connectivity index (χ2n) is 3.42. The first-order valence-electron chi connectivity index (χ1n) is 5.07. The standard InChI is InChI=1S/C12H18P/c1-3-4-5-10-13-12-8-6-11(2)7-9-12/h6-9H,3-5,10H2,1-2H3. The zero-order valence-corrected chi connectivity index (χ0v) is 9.48. The molecule has 1 aromatic carbocycles. The lowest BCUT2D eigenvalue weighted by Gasteiger charge is -2.00. The zero-order valence-electron chi connectivity index (χ0n) is 8.59. The molecule has 0 heterocycles. The van der Waals surface area contributed by atoms with Gasteiger partial charge in [-0.15, -0.1) is 0 Å². The van der Waals surface area contributed by atoms with E-state index in [0.29, 0.717) is 0 Å². The number of aryl methyl sites for hydroxylation is 1. The van der Waals surface area contributed by atoms with Gasteiger partial charge in [0, 0.05) is 0 Å². The molecule has 0 amide bonds. The average molecular weight is 193 g/mol. The highest BCUT2D eigenvalue weighted by Crippen LogP contribution is 2.13. The Bertz CT molecular complexity index is 225. The topological polar surface area (TPSA) is 0 Å². The second-order valence-corrected chi connectivity index (χ2v) is 4.70. The van der Waals surface area contributed by atoms with Crippen LogP contribution in [0.15, 0.2) is 24.3 Å². The van der Waals surface area contributed by atoms with Gasteiger partial charge < -0.3 is 0 Å². The summed E-state index contributed by atoms with van der Waals surface area (Å²) < 4.78 is 0. The van der Waals surface area contributed by atoms with Crippen molar-refractivity contribution in [3.63, 3.8) is 0 Å². The summed E-state index contributed by atoms with van der Waals surface area (Å²) in [5.74, 6) is 0. The van der Waals surface area contributed by atoms with E-state index in [2.05, 4.69) is 38.1 Å². The predicted octanol–water partition coefficient (Wildman–Crippen LogP) is 3.76. The van der Waals surface area contributed by atoms with E-state index in [1.807, 2.05) is 0 Å². The minimum atomic E-state index is 1.32. The molecule has 0 fully saturated rings. The molecule has 0 saturated heterocycles. The maximum absolute atomic E-state index is 2.25. The van der Waals surface area contributed by atoms with Gasteiger partial charge in [-0.2, -0.15) is 0 Å². The Morgan fingerprint density at radius 3 is 2.38 bits per heavy atom. The monoisotopic (exact) mass is 193 g/mol. The fraction of sp³-hybridized carbons (Fsp3) is 0.500. The van der Waals surface area contributed by atoms with Crippen LogP contribution in [0.1, 0.15) is 31.7 Å². The molecule has 0 spiro atoms.